The number of carbonyl (C=O) groups excluding carboxylic acids is 3. The quantitative estimate of drug-likeness (QED) is 0.564. The Balaban J connectivity index is 1.78. The molecule has 0 radical (unpaired) electrons. The highest BCUT2D eigenvalue weighted by Gasteiger charge is 2.14. The van der Waals surface area contributed by atoms with E-state index in [1.165, 1.54) is 0 Å². The topological polar surface area (TPSA) is 72.5 Å². The van der Waals surface area contributed by atoms with Crippen molar-refractivity contribution in [3.8, 4) is 0 Å². The lowest BCUT2D eigenvalue weighted by atomic mass is 9.99. The molecule has 0 bridgehead atoms. The van der Waals surface area contributed by atoms with Crippen LogP contribution in [0.4, 0.5) is 5.69 Å². The first-order valence-corrected chi connectivity index (χ1v) is 8.96. The standard InChI is InChI=1S/C21H22ClNO4/c1-13-4-5-14(2)17(10-13)19(24)8-9-21(26)27-12-20(25)23-16-7-6-15(3)18(22)11-16/h4-7,10-11H,8-9,12H2,1-3H3,(H,23,25). The zero-order valence-corrected chi connectivity index (χ0v) is 16.4. The van der Waals surface area contributed by atoms with Crippen LogP contribution in [0.1, 0.15) is 39.9 Å². The van der Waals surface area contributed by atoms with Gasteiger partial charge in [-0.25, -0.2) is 0 Å². The monoisotopic (exact) mass is 387 g/mol. The number of benzene rings is 2. The molecule has 142 valence electrons. The normalized spacial score (nSPS) is 10.4. The summed E-state index contributed by atoms with van der Waals surface area (Å²) in [6.45, 7) is 5.20. The highest BCUT2D eigenvalue weighted by atomic mass is 35.5. The number of carbonyl (C=O) groups is 3. The van der Waals surface area contributed by atoms with Gasteiger partial charge >= 0.3 is 5.97 Å². The maximum atomic E-state index is 12.3. The van der Waals surface area contributed by atoms with Gasteiger partial charge in [0.25, 0.3) is 5.91 Å². The fourth-order valence-electron chi connectivity index (χ4n) is 2.47. The maximum Gasteiger partial charge on any atom is 0.306 e. The van der Waals surface area contributed by atoms with Gasteiger partial charge in [-0.05, 0) is 50.1 Å². The van der Waals surface area contributed by atoms with Crippen LogP contribution < -0.4 is 5.32 Å². The van der Waals surface area contributed by atoms with Crippen LogP contribution in [0.5, 0.6) is 0 Å². The van der Waals surface area contributed by atoms with Crippen LogP contribution in [0.15, 0.2) is 36.4 Å². The van der Waals surface area contributed by atoms with Gasteiger partial charge in [0.15, 0.2) is 12.4 Å². The molecule has 0 aliphatic heterocycles. The molecule has 1 N–H and O–H groups in total. The maximum absolute atomic E-state index is 12.3. The summed E-state index contributed by atoms with van der Waals surface area (Å²) in [6.07, 6.45) is -0.0336. The third kappa shape index (κ3) is 6.22. The van der Waals surface area contributed by atoms with Crippen LogP contribution in [0.25, 0.3) is 0 Å². The molecule has 6 heteroatoms. The fraction of sp³-hybridized carbons (Fsp3) is 0.286. The van der Waals surface area contributed by atoms with Crippen molar-refractivity contribution >= 4 is 34.9 Å². The van der Waals surface area contributed by atoms with Crippen molar-refractivity contribution < 1.29 is 19.1 Å². The number of rotatable bonds is 7. The van der Waals surface area contributed by atoms with Crippen molar-refractivity contribution in [1.29, 1.82) is 0 Å². The first-order chi connectivity index (χ1) is 12.8. The lowest BCUT2D eigenvalue weighted by Crippen LogP contribution is -2.21. The van der Waals surface area contributed by atoms with Gasteiger partial charge in [0, 0.05) is 22.7 Å². The Kier molecular flexibility index (Phi) is 7.13. The second kappa shape index (κ2) is 9.33. The molecule has 0 saturated carbocycles. The van der Waals surface area contributed by atoms with Crippen LogP contribution in [0.3, 0.4) is 0 Å². The lowest BCUT2D eigenvalue weighted by Gasteiger charge is -2.08. The average molecular weight is 388 g/mol. The van der Waals surface area contributed by atoms with Gasteiger partial charge in [-0.15, -0.1) is 0 Å². The van der Waals surface area contributed by atoms with Gasteiger partial charge in [-0.1, -0.05) is 35.4 Å². The molecule has 0 aromatic heterocycles. The minimum atomic E-state index is -0.592. The van der Waals surface area contributed by atoms with Crippen molar-refractivity contribution in [2.75, 3.05) is 11.9 Å². The SMILES string of the molecule is Cc1ccc(C)c(C(=O)CCC(=O)OCC(=O)Nc2ccc(C)c(Cl)c2)c1. The molecule has 0 heterocycles. The number of Topliss-reactive ketones (excluding diaryl/α,β-unsaturated/α-hetero) is 1. The Hall–Kier alpha value is -2.66. The molecule has 0 aliphatic carbocycles. The second-order valence-electron chi connectivity index (χ2n) is 6.41. The number of esters is 1. The summed E-state index contributed by atoms with van der Waals surface area (Å²) in [7, 11) is 0. The van der Waals surface area contributed by atoms with Crippen LogP contribution in [0, 0.1) is 20.8 Å². The molecule has 2 rings (SSSR count). The number of aryl methyl sites for hydroxylation is 3. The summed E-state index contributed by atoms with van der Waals surface area (Å²) in [5, 5.41) is 3.14. The number of hydrogen-bond donors (Lipinski definition) is 1. The fourth-order valence-corrected chi connectivity index (χ4v) is 2.65. The Morgan fingerprint density at radius 2 is 1.67 bits per heavy atom. The molecule has 0 atom stereocenters. The third-order valence-corrected chi connectivity index (χ3v) is 4.48. The van der Waals surface area contributed by atoms with E-state index in [-0.39, 0.29) is 18.6 Å². The summed E-state index contributed by atoms with van der Waals surface area (Å²) in [4.78, 5) is 35.9. The van der Waals surface area contributed by atoms with Gasteiger partial charge in [-0.3, -0.25) is 14.4 Å². The first-order valence-electron chi connectivity index (χ1n) is 8.58. The van der Waals surface area contributed by atoms with E-state index in [2.05, 4.69) is 5.32 Å². The molecular formula is C21H22ClNO4. The van der Waals surface area contributed by atoms with E-state index in [9.17, 15) is 14.4 Å². The van der Waals surface area contributed by atoms with Crippen LogP contribution in [-0.2, 0) is 14.3 Å². The van der Waals surface area contributed by atoms with E-state index in [0.717, 1.165) is 16.7 Å². The summed E-state index contributed by atoms with van der Waals surface area (Å²) in [5.41, 5.74) is 3.89. The molecule has 0 unspecified atom stereocenters. The van der Waals surface area contributed by atoms with Crippen LogP contribution in [-0.4, -0.2) is 24.3 Å². The van der Waals surface area contributed by atoms with E-state index in [1.807, 2.05) is 39.0 Å². The number of hydrogen-bond acceptors (Lipinski definition) is 4. The Labute approximate surface area is 163 Å². The van der Waals surface area contributed by atoms with Gasteiger partial charge in [0.2, 0.25) is 0 Å². The zero-order valence-electron chi connectivity index (χ0n) is 15.6. The lowest BCUT2D eigenvalue weighted by molar-refractivity contribution is -0.147. The second-order valence-corrected chi connectivity index (χ2v) is 6.82. The van der Waals surface area contributed by atoms with Gasteiger partial charge in [0.1, 0.15) is 0 Å². The van der Waals surface area contributed by atoms with E-state index in [1.54, 1.807) is 18.2 Å². The first kappa shape index (κ1) is 20.6. The smallest absolute Gasteiger partial charge is 0.306 e. The Morgan fingerprint density at radius 1 is 0.963 bits per heavy atom. The third-order valence-electron chi connectivity index (χ3n) is 4.07. The highest BCUT2D eigenvalue weighted by Crippen LogP contribution is 2.20. The molecule has 27 heavy (non-hydrogen) atoms. The zero-order chi connectivity index (χ0) is 20.0. The van der Waals surface area contributed by atoms with E-state index in [4.69, 9.17) is 16.3 Å². The van der Waals surface area contributed by atoms with Crippen LogP contribution in [0.2, 0.25) is 5.02 Å². The minimum Gasteiger partial charge on any atom is -0.456 e. The van der Waals surface area contributed by atoms with Crippen molar-refractivity contribution in [2.45, 2.75) is 33.6 Å². The van der Waals surface area contributed by atoms with Gasteiger partial charge < -0.3 is 10.1 Å². The van der Waals surface area contributed by atoms with Gasteiger partial charge in [-0.2, -0.15) is 0 Å². The molecule has 0 aliphatic rings. The number of nitrogens with one attached hydrogen (secondary N) is 1. The Bertz CT molecular complexity index is 876. The van der Waals surface area contributed by atoms with E-state index >= 15 is 0 Å². The summed E-state index contributed by atoms with van der Waals surface area (Å²) in [6, 6.07) is 10.7. The highest BCUT2D eigenvalue weighted by molar-refractivity contribution is 6.31. The number of anilines is 1. The molecule has 5 nitrogen and oxygen atoms in total. The van der Waals surface area contributed by atoms with Crippen molar-refractivity contribution in [3.05, 3.63) is 63.7 Å². The van der Waals surface area contributed by atoms with Crippen molar-refractivity contribution in [1.82, 2.24) is 0 Å². The molecule has 0 spiro atoms. The van der Waals surface area contributed by atoms with Crippen LogP contribution >= 0.6 is 11.6 Å². The average Bonchev–Trinajstić information content (AvgIpc) is 2.63. The van der Waals surface area contributed by atoms with E-state index < -0.39 is 18.5 Å². The molecule has 2 aromatic carbocycles. The predicted molar refractivity (Wildman–Crippen MR) is 105 cm³/mol. The molecule has 0 fully saturated rings. The Morgan fingerprint density at radius 3 is 2.37 bits per heavy atom. The number of halogens is 1. The summed E-state index contributed by atoms with van der Waals surface area (Å²) in [5.74, 6) is -1.18. The van der Waals surface area contributed by atoms with E-state index in [0.29, 0.717) is 16.3 Å². The largest absolute Gasteiger partial charge is 0.456 e. The number of ether oxygens (including phenoxy) is 1. The molecular weight excluding hydrogens is 366 g/mol. The molecule has 1 amide bonds. The summed E-state index contributed by atoms with van der Waals surface area (Å²) < 4.78 is 4.93. The van der Waals surface area contributed by atoms with Crippen molar-refractivity contribution in [2.24, 2.45) is 0 Å². The molecule has 2 aromatic rings. The summed E-state index contributed by atoms with van der Waals surface area (Å²) >= 11 is 6.00. The number of amides is 1. The molecule has 0 saturated heterocycles. The number of ketones is 1. The van der Waals surface area contributed by atoms with Crippen molar-refractivity contribution in [3.63, 3.8) is 0 Å². The predicted octanol–water partition coefficient (Wildman–Crippen LogP) is 4.41. The minimum absolute atomic E-state index is 0.0400. The van der Waals surface area contributed by atoms with Gasteiger partial charge in [0.05, 0.1) is 6.42 Å².